The quantitative estimate of drug-likeness (QED) is 0.675. The molecular formula is C9H12N2O2. The molecule has 0 amide bonds. The molecule has 0 aliphatic rings. The molecule has 1 unspecified atom stereocenters. The lowest BCUT2D eigenvalue weighted by atomic mass is 10.1. The predicted octanol–water partition coefficient (Wildman–Crippen LogP) is 0.563. The number of aromatic nitrogens is 1. The molecule has 1 rings (SSSR count). The van der Waals surface area contributed by atoms with E-state index < -0.39 is 12.0 Å². The van der Waals surface area contributed by atoms with Gasteiger partial charge in [0.15, 0.2) is 0 Å². The van der Waals surface area contributed by atoms with Gasteiger partial charge in [-0.25, -0.2) is 0 Å². The number of carbonyl (C=O) groups is 1. The summed E-state index contributed by atoms with van der Waals surface area (Å²) in [7, 11) is 1.31. The lowest BCUT2D eigenvalue weighted by Gasteiger charge is -2.10. The summed E-state index contributed by atoms with van der Waals surface area (Å²) in [5.74, 6) is -0.448. The van der Waals surface area contributed by atoms with Gasteiger partial charge in [-0.2, -0.15) is 0 Å². The topological polar surface area (TPSA) is 65.2 Å². The van der Waals surface area contributed by atoms with Crippen molar-refractivity contribution >= 4 is 5.97 Å². The average molecular weight is 180 g/mol. The third kappa shape index (κ3) is 2.03. The highest BCUT2D eigenvalue weighted by atomic mass is 16.5. The van der Waals surface area contributed by atoms with Crippen molar-refractivity contribution in [2.75, 3.05) is 7.11 Å². The Labute approximate surface area is 76.7 Å². The van der Waals surface area contributed by atoms with Crippen LogP contribution in [-0.4, -0.2) is 18.1 Å². The van der Waals surface area contributed by atoms with Gasteiger partial charge in [0, 0.05) is 17.5 Å². The fraction of sp³-hybridized carbons (Fsp3) is 0.333. The number of methoxy groups -OCH3 is 1. The van der Waals surface area contributed by atoms with E-state index in [4.69, 9.17) is 5.73 Å². The minimum Gasteiger partial charge on any atom is -0.468 e. The second-order valence-electron chi connectivity index (χ2n) is 2.68. The van der Waals surface area contributed by atoms with E-state index in [0.717, 1.165) is 5.69 Å². The molecule has 0 aromatic carbocycles. The standard InChI is InChI=1S/C9H12N2O2/c1-6-7(4-3-5-11-6)8(10)9(12)13-2/h3-5,8H,10H2,1-2H3. The lowest BCUT2D eigenvalue weighted by molar-refractivity contribution is -0.142. The van der Waals surface area contributed by atoms with Crippen molar-refractivity contribution in [1.29, 1.82) is 0 Å². The second kappa shape index (κ2) is 4.00. The molecule has 70 valence electrons. The summed E-state index contributed by atoms with van der Waals surface area (Å²) in [6.45, 7) is 1.80. The highest BCUT2D eigenvalue weighted by molar-refractivity contribution is 5.77. The van der Waals surface area contributed by atoms with Crippen molar-refractivity contribution in [1.82, 2.24) is 4.98 Å². The molecule has 1 heterocycles. The molecule has 13 heavy (non-hydrogen) atoms. The first kappa shape index (κ1) is 9.67. The van der Waals surface area contributed by atoms with Crippen molar-refractivity contribution in [3.05, 3.63) is 29.6 Å². The molecule has 1 atom stereocenters. The first-order valence-corrected chi connectivity index (χ1v) is 3.91. The molecule has 0 radical (unpaired) electrons. The third-order valence-corrected chi connectivity index (χ3v) is 1.84. The first-order chi connectivity index (χ1) is 6.16. The summed E-state index contributed by atoms with van der Waals surface area (Å²) < 4.78 is 4.53. The summed E-state index contributed by atoms with van der Waals surface area (Å²) in [4.78, 5) is 15.1. The van der Waals surface area contributed by atoms with E-state index >= 15 is 0 Å². The fourth-order valence-corrected chi connectivity index (χ4v) is 1.08. The Morgan fingerprint density at radius 2 is 2.38 bits per heavy atom. The number of nitrogens with two attached hydrogens (primary N) is 1. The van der Waals surface area contributed by atoms with Crippen molar-refractivity contribution in [3.63, 3.8) is 0 Å². The Hall–Kier alpha value is -1.42. The first-order valence-electron chi connectivity index (χ1n) is 3.91. The molecule has 1 aromatic heterocycles. The third-order valence-electron chi connectivity index (χ3n) is 1.84. The molecule has 0 aliphatic carbocycles. The maximum Gasteiger partial charge on any atom is 0.327 e. The number of pyridine rings is 1. The Bertz CT molecular complexity index is 312. The molecule has 0 saturated heterocycles. The Balaban J connectivity index is 2.95. The smallest absolute Gasteiger partial charge is 0.327 e. The normalized spacial score (nSPS) is 12.2. The minimum atomic E-state index is -0.737. The van der Waals surface area contributed by atoms with Gasteiger partial charge in [-0.15, -0.1) is 0 Å². The van der Waals surface area contributed by atoms with Crippen LogP contribution in [0, 0.1) is 6.92 Å². The van der Waals surface area contributed by atoms with Crippen LogP contribution in [0.5, 0.6) is 0 Å². The number of ether oxygens (including phenoxy) is 1. The summed E-state index contributed by atoms with van der Waals surface area (Å²) in [6.07, 6.45) is 1.66. The Morgan fingerprint density at radius 1 is 1.69 bits per heavy atom. The van der Waals surface area contributed by atoms with Gasteiger partial charge in [-0.3, -0.25) is 9.78 Å². The van der Waals surface area contributed by atoms with Gasteiger partial charge in [-0.05, 0) is 13.0 Å². The molecule has 4 nitrogen and oxygen atoms in total. The Kier molecular flexibility index (Phi) is 2.97. The molecule has 0 bridgehead atoms. The number of hydrogen-bond acceptors (Lipinski definition) is 4. The predicted molar refractivity (Wildman–Crippen MR) is 47.9 cm³/mol. The fourth-order valence-electron chi connectivity index (χ4n) is 1.08. The SMILES string of the molecule is COC(=O)C(N)c1cccnc1C. The maximum atomic E-state index is 11.1. The second-order valence-corrected chi connectivity index (χ2v) is 2.68. The molecule has 0 spiro atoms. The number of esters is 1. The van der Waals surface area contributed by atoms with Gasteiger partial charge in [0.1, 0.15) is 6.04 Å². The van der Waals surface area contributed by atoms with Crippen LogP contribution in [0.3, 0.4) is 0 Å². The van der Waals surface area contributed by atoms with Gasteiger partial charge < -0.3 is 10.5 Å². The zero-order valence-corrected chi connectivity index (χ0v) is 7.65. The maximum absolute atomic E-state index is 11.1. The largest absolute Gasteiger partial charge is 0.468 e. The molecule has 0 aliphatic heterocycles. The van der Waals surface area contributed by atoms with E-state index in [-0.39, 0.29) is 0 Å². The summed E-state index contributed by atoms with van der Waals surface area (Å²) in [5, 5.41) is 0. The van der Waals surface area contributed by atoms with Gasteiger partial charge >= 0.3 is 5.97 Å². The van der Waals surface area contributed by atoms with E-state index in [2.05, 4.69) is 9.72 Å². The average Bonchev–Trinajstić information content (AvgIpc) is 2.16. The van der Waals surface area contributed by atoms with Crippen LogP contribution in [-0.2, 0) is 9.53 Å². The van der Waals surface area contributed by atoms with Crippen LogP contribution >= 0.6 is 0 Å². The van der Waals surface area contributed by atoms with Crippen LogP contribution in [0.15, 0.2) is 18.3 Å². The number of carbonyl (C=O) groups excluding carboxylic acids is 1. The number of rotatable bonds is 2. The lowest BCUT2D eigenvalue weighted by Crippen LogP contribution is -2.23. The van der Waals surface area contributed by atoms with Crippen LogP contribution in [0.2, 0.25) is 0 Å². The zero-order chi connectivity index (χ0) is 9.84. The van der Waals surface area contributed by atoms with Crippen LogP contribution in [0.25, 0.3) is 0 Å². The molecule has 0 saturated carbocycles. The molecular weight excluding hydrogens is 168 g/mol. The van der Waals surface area contributed by atoms with Gasteiger partial charge in [0.2, 0.25) is 0 Å². The monoisotopic (exact) mass is 180 g/mol. The van der Waals surface area contributed by atoms with Gasteiger partial charge in [0.25, 0.3) is 0 Å². The number of hydrogen-bond donors (Lipinski definition) is 1. The molecule has 1 aromatic rings. The highest BCUT2D eigenvalue weighted by Gasteiger charge is 2.17. The summed E-state index contributed by atoms with van der Waals surface area (Å²) >= 11 is 0. The van der Waals surface area contributed by atoms with Gasteiger partial charge in [0.05, 0.1) is 7.11 Å². The van der Waals surface area contributed by atoms with E-state index in [9.17, 15) is 4.79 Å². The van der Waals surface area contributed by atoms with Crippen LogP contribution < -0.4 is 5.73 Å². The Morgan fingerprint density at radius 3 is 2.92 bits per heavy atom. The number of nitrogens with zero attached hydrogens (tertiary/aromatic N) is 1. The summed E-state index contributed by atoms with van der Waals surface area (Å²) in [5.41, 5.74) is 7.09. The van der Waals surface area contributed by atoms with E-state index in [1.54, 1.807) is 25.3 Å². The van der Waals surface area contributed by atoms with E-state index in [1.165, 1.54) is 7.11 Å². The van der Waals surface area contributed by atoms with Crippen molar-refractivity contribution < 1.29 is 9.53 Å². The van der Waals surface area contributed by atoms with E-state index in [0.29, 0.717) is 5.56 Å². The zero-order valence-electron chi connectivity index (χ0n) is 7.65. The van der Waals surface area contributed by atoms with E-state index in [1.807, 2.05) is 0 Å². The number of aryl methyl sites for hydroxylation is 1. The molecule has 0 fully saturated rings. The van der Waals surface area contributed by atoms with Crippen molar-refractivity contribution in [2.24, 2.45) is 5.73 Å². The minimum absolute atomic E-state index is 0.448. The van der Waals surface area contributed by atoms with Crippen molar-refractivity contribution in [3.8, 4) is 0 Å². The van der Waals surface area contributed by atoms with Crippen LogP contribution in [0.4, 0.5) is 0 Å². The summed E-state index contributed by atoms with van der Waals surface area (Å²) in [6, 6.07) is 2.77. The van der Waals surface area contributed by atoms with Gasteiger partial charge in [-0.1, -0.05) is 6.07 Å². The molecule has 2 N–H and O–H groups in total. The molecule has 4 heteroatoms. The van der Waals surface area contributed by atoms with Crippen LogP contribution in [0.1, 0.15) is 17.3 Å². The van der Waals surface area contributed by atoms with Crippen molar-refractivity contribution in [2.45, 2.75) is 13.0 Å². The highest BCUT2D eigenvalue weighted by Crippen LogP contribution is 2.13.